The molecule has 0 saturated heterocycles. The van der Waals surface area contributed by atoms with Gasteiger partial charge in [-0.25, -0.2) is 9.97 Å². The lowest BCUT2D eigenvalue weighted by molar-refractivity contribution is 0.373. The van der Waals surface area contributed by atoms with E-state index < -0.39 is 0 Å². The van der Waals surface area contributed by atoms with E-state index in [9.17, 15) is 5.11 Å². The Labute approximate surface area is 171 Å². The van der Waals surface area contributed by atoms with Crippen LogP contribution < -0.4 is 10.1 Å². The fourth-order valence-corrected chi connectivity index (χ4v) is 3.36. The van der Waals surface area contributed by atoms with Gasteiger partial charge in [-0.15, -0.1) is 0 Å². The highest BCUT2D eigenvalue weighted by Gasteiger charge is 2.17. The number of aromatic nitrogens is 5. The third kappa shape index (κ3) is 3.10. The summed E-state index contributed by atoms with van der Waals surface area (Å²) in [6.45, 7) is 0. The Morgan fingerprint density at radius 3 is 2.63 bits per heavy atom. The standard InChI is InChI=1S/C22H18N6O2/c1-30-18-9-13(7-8-17(18)29)16-12-23-21-19(16)22(26-15-5-3-2-4-6-15)28-20(27-21)14-10-24-25-11-14/h2-12,29H,1H3,(H,24,25)(H2,23,26,27,28). The Balaban J connectivity index is 1.72. The van der Waals surface area contributed by atoms with Crippen LogP contribution in [0, 0.1) is 0 Å². The van der Waals surface area contributed by atoms with Crippen molar-refractivity contribution < 1.29 is 9.84 Å². The molecule has 4 N–H and O–H groups in total. The normalized spacial score (nSPS) is 11.0. The van der Waals surface area contributed by atoms with Gasteiger partial charge in [-0.05, 0) is 29.8 Å². The van der Waals surface area contributed by atoms with Gasteiger partial charge in [0.25, 0.3) is 0 Å². The minimum atomic E-state index is 0.0854. The van der Waals surface area contributed by atoms with Crippen molar-refractivity contribution in [1.82, 2.24) is 25.1 Å². The zero-order valence-corrected chi connectivity index (χ0v) is 16.0. The Kier molecular flexibility index (Phi) is 4.29. The number of methoxy groups -OCH3 is 1. The maximum absolute atomic E-state index is 9.96. The number of phenolic OH excluding ortho intramolecular Hbond substituents is 1. The quantitative estimate of drug-likeness (QED) is 0.347. The number of aromatic amines is 2. The van der Waals surface area contributed by atoms with Crippen LogP contribution in [0.2, 0.25) is 0 Å². The number of H-pyrrole nitrogens is 2. The maximum Gasteiger partial charge on any atom is 0.167 e. The van der Waals surface area contributed by atoms with Crippen LogP contribution in [0.1, 0.15) is 0 Å². The second-order valence-electron chi connectivity index (χ2n) is 6.69. The van der Waals surface area contributed by atoms with Crippen LogP contribution in [0.25, 0.3) is 33.5 Å². The molecule has 0 amide bonds. The van der Waals surface area contributed by atoms with Gasteiger partial charge in [-0.3, -0.25) is 5.10 Å². The van der Waals surface area contributed by atoms with E-state index in [1.807, 2.05) is 42.6 Å². The molecule has 0 aliphatic heterocycles. The van der Waals surface area contributed by atoms with Gasteiger partial charge in [0.2, 0.25) is 0 Å². The number of ether oxygens (including phenoxy) is 1. The van der Waals surface area contributed by atoms with Gasteiger partial charge in [-0.1, -0.05) is 24.3 Å². The van der Waals surface area contributed by atoms with Crippen LogP contribution in [-0.2, 0) is 0 Å². The molecule has 0 bridgehead atoms. The largest absolute Gasteiger partial charge is 0.504 e. The van der Waals surface area contributed by atoms with Crippen LogP contribution >= 0.6 is 0 Å². The lowest BCUT2D eigenvalue weighted by Crippen LogP contribution is -1.99. The molecule has 0 aliphatic rings. The highest BCUT2D eigenvalue weighted by atomic mass is 16.5. The maximum atomic E-state index is 9.96. The monoisotopic (exact) mass is 398 g/mol. The van der Waals surface area contributed by atoms with Gasteiger partial charge in [0.1, 0.15) is 11.5 Å². The van der Waals surface area contributed by atoms with E-state index in [2.05, 4.69) is 25.5 Å². The highest BCUT2D eigenvalue weighted by molar-refractivity contribution is 6.02. The summed E-state index contributed by atoms with van der Waals surface area (Å²) in [4.78, 5) is 12.7. The fraction of sp³-hybridized carbons (Fsp3) is 0.0455. The van der Waals surface area contributed by atoms with Gasteiger partial charge in [0, 0.05) is 23.6 Å². The zero-order chi connectivity index (χ0) is 20.5. The summed E-state index contributed by atoms with van der Waals surface area (Å²) < 4.78 is 5.27. The second kappa shape index (κ2) is 7.25. The van der Waals surface area contributed by atoms with Crippen LogP contribution in [0.3, 0.4) is 0 Å². The number of fused-ring (bicyclic) bond motifs is 1. The van der Waals surface area contributed by atoms with E-state index >= 15 is 0 Å². The summed E-state index contributed by atoms with van der Waals surface area (Å²) in [5.41, 5.74) is 4.13. The van der Waals surface area contributed by atoms with Gasteiger partial charge in [-0.2, -0.15) is 5.10 Å². The number of para-hydroxylation sites is 1. The molecule has 148 valence electrons. The van der Waals surface area contributed by atoms with Crippen molar-refractivity contribution in [2.75, 3.05) is 12.4 Å². The molecule has 0 fully saturated rings. The Morgan fingerprint density at radius 1 is 1.00 bits per heavy atom. The molecule has 8 nitrogen and oxygen atoms in total. The molecule has 0 atom stereocenters. The highest BCUT2D eigenvalue weighted by Crippen LogP contribution is 2.38. The first kappa shape index (κ1) is 17.7. The van der Waals surface area contributed by atoms with Crippen LogP contribution in [0.5, 0.6) is 11.5 Å². The average Bonchev–Trinajstić information content (AvgIpc) is 3.45. The molecule has 3 aromatic heterocycles. The van der Waals surface area contributed by atoms with Gasteiger partial charge >= 0.3 is 0 Å². The number of rotatable bonds is 5. The first-order valence-corrected chi connectivity index (χ1v) is 9.30. The minimum Gasteiger partial charge on any atom is -0.504 e. The van der Waals surface area contributed by atoms with Gasteiger partial charge in [0.15, 0.2) is 17.3 Å². The van der Waals surface area contributed by atoms with Crippen molar-refractivity contribution in [3.63, 3.8) is 0 Å². The predicted octanol–water partition coefficient (Wildman–Crippen LogP) is 4.47. The molecule has 5 aromatic rings. The Bertz CT molecular complexity index is 1310. The summed E-state index contributed by atoms with van der Waals surface area (Å²) in [6, 6.07) is 15.1. The van der Waals surface area contributed by atoms with Gasteiger partial charge in [0.05, 0.1) is 24.3 Å². The lowest BCUT2D eigenvalue weighted by atomic mass is 10.1. The number of benzene rings is 2. The number of hydrogen-bond acceptors (Lipinski definition) is 6. The minimum absolute atomic E-state index is 0.0854. The van der Waals surface area contributed by atoms with E-state index in [0.717, 1.165) is 27.8 Å². The Hall–Kier alpha value is -4.33. The Morgan fingerprint density at radius 2 is 1.87 bits per heavy atom. The number of hydrogen-bond donors (Lipinski definition) is 4. The molecule has 2 aromatic carbocycles. The number of phenols is 1. The molecule has 5 rings (SSSR count). The van der Waals surface area contributed by atoms with Crippen molar-refractivity contribution >= 4 is 22.5 Å². The smallest absolute Gasteiger partial charge is 0.167 e. The van der Waals surface area contributed by atoms with E-state index in [0.29, 0.717) is 23.0 Å². The second-order valence-corrected chi connectivity index (χ2v) is 6.69. The zero-order valence-electron chi connectivity index (χ0n) is 16.0. The average molecular weight is 398 g/mol. The molecule has 0 spiro atoms. The third-order valence-corrected chi connectivity index (χ3v) is 4.82. The van der Waals surface area contributed by atoms with E-state index in [-0.39, 0.29) is 5.75 Å². The van der Waals surface area contributed by atoms with E-state index in [1.54, 1.807) is 24.5 Å². The fourth-order valence-electron chi connectivity index (χ4n) is 3.36. The molecular weight excluding hydrogens is 380 g/mol. The number of nitrogens with zero attached hydrogens (tertiary/aromatic N) is 3. The van der Waals surface area contributed by atoms with Crippen LogP contribution in [0.15, 0.2) is 67.1 Å². The molecule has 0 unspecified atom stereocenters. The van der Waals surface area contributed by atoms with Crippen molar-refractivity contribution in [1.29, 1.82) is 0 Å². The molecule has 0 radical (unpaired) electrons. The summed E-state index contributed by atoms with van der Waals surface area (Å²) in [7, 11) is 1.52. The number of nitrogens with one attached hydrogen (secondary N) is 3. The molecule has 0 aliphatic carbocycles. The molecular formula is C22H18N6O2. The van der Waals surface area contributed by atoms with E-state index in [4.69, 9.17) is 9.72 Å². The van der Waals surface area contributed by atoms with Crippen molar-refractivity contribution in [3.05, 3.63) is 67.1 Å². The van der Waals surface area contributed by atoms with Crippen LogP contribution in [-0.4, -0.2) is 37.4 Å². The summed E-state index contributed by atoms with van der Waals surface area (Å²) >= 11 is 0. The topological polar surface area (TPSA) is 112 Å². The number of anilines is 2. The predicted molar refractivity (Wildman–Crippen MR) is 115 cm³/mol. The van der Waals surface area contributed by atoms with Crippen molar-refractivity contribution in [2.24, 2.45) is 0 Å². The van der Waals surface area contributed by atoms with Crippen molar-refractivity contribution in [2.45, 2.75) is 0 Å². The lowest BCUT2D eigenvalue weighted by Gasteiger charge is -2.11. The first-order valence-electron chi connectivity index (χ1n) is 9.30. The molecule has 0 saturated carbocycles. The SMILES string of the molecule is COc1cc(-c2c[nH]c3nc(-c4cn[nH]c4)nc(Nc4ccccc4)c23)ccc1O. The summed E-state index contributed by atoms with van der Waals surface area (Å²) in [5.74, 6) is 1.69. The van der Waals surface area contributed by atoms with Crippen LogP contribution in [0.4, 0.5) is 11.5 Å². The molecule has 8 heteroatoms. The third-order valence-electron chi connectivity index (χ3n) is 4.82. The summed E-state index contributed by atoms with van der Waals surface area (Å²) in [6.07, 6.45) is 5.31. The van der Waals surface area contributed by atoms with E-state index in [1.165, 1.54) is 7.11 Å². The molecule has 3 heterocycles. The number of aromatic hydroxyl groups is 1. The molecule has 30 heavy (non-hydrogen) atoms. The van der Waals surface area contributed by atoms with Crippen molar-refractivity contribution in [3.8, 4) is 34.0 Å². The van der Waals surface area contributed by atoms with Gasteiger partial charge < -0.3 is 20.1 Å². The first-order chi connectivity index (χ1) is 14.7. The summed E-state index contributed by atoms with van der Waals surface area (Å²) in [5, 5.41) is 21.0.